The Labute approximate surface area is 375 Å². The van der Waals surface area contributed by atoms with E-state index < -0.39 is 0 Å². The van der Waals surface area contributed by atoms with Crippen molar-refractivity contribution >= 4 is 88.6 Å². The van der Waals surface area contributed by atoms with Crippen LogP contribution in [0.5, 0.6) is 0 Å². The normalized spacial score (nSPS) is 11.6. The summed E-state index contributed by atoms with van der Waals surface area (Å²) in [6, 6.07) is 63.3. The van der Waals surface area contributed by atoms with E-state index in [1.165, 1.54) is 47.8 Å². The summed E-state index contributed by atoms with van der Waals surface area (Å²) in [4.78, 5) is 5.01. The van der Waals surface area contributed by atoms with Gasteiger partial charge in [0, 0.05) is 64.9 Å². The number of benzene rings is 8. The van der Waals surface area contributed by atoms with Gasteiger partial charge in [0.1, 0.15) is 17.0 Å². The lowest BCUT2D eigenvalue weighted by Gasteiger charge is -2.09. The molecule has 3 aromatic heterocycles. The lowest BCUT2D eigenvalue weighted by atomic mass is 9.94. The molecule has 11 rings (SSSR count). The molecule has 11 aromatic rings. The van der Waals surface area contributed by atoms with Gasteiger partial charge >= 0.3 is 0 Å². The Bertz CT molecular complexity index is 3580. The number of allylic oxidation sites excluding steroid dienone is 1. The highest BCUT2D eigenvalue weighted by Gasteiger charge is 2.18. The smallest absolute Gasteiger partial charge is 0.136 e. The van der Waals surface area contributed by atoms with Crippen molar-refractivity contribution in [3.05, 3.63) is 223 Å². The minimum absolute atomic E-state index is 0.121. The van der Waals surface area contributed by atoms with Gasteiger partial charge in [0.15, 0.2) is 0 Å². The summed E-state index contributed by atoms with van der Waals surface area (Å²) in [5, 5.41) is 13.0. The first kappa shape index (κ1) is 40.0. The predicted molar refractivity (Wildman–Crippen MR) is 274 cm³/mol. The highest BCUT2D eigenvalue weighted by molar-refractivity contribution is 7.26. The van der Waals surface area contributed by atoms with Gasteiger partial charge in [-0.05, 0) is 95.4 Å². The van der Waals surface area contributed by atoms with E-state index in [9.17, 15) is 0 Å². The van der Waals surface area contributed by atoms with Gasteiger partial charge in [0.25, 0.3) is 0 Å². The van der Waals surface area contributed by atoms with Gasteiger partial charge in [-0.3, -0.25) is 10.4 Å². The highest BCUT2D eigenvalue weighted by Crippen LogP contribution is 2.45. The topological polar surface area (TPSA) is 80.3 Å². The van der Waals surface area contributed by atoms with Crippen molar-refractivity contribution in [2.24, 2.45) is 10.7 Å². The van der Waals surface area contributed by atoms with Crippen LogP contribution in [0.25, 0.3) is 93.1 Å². The highest BCUT2D eigenvalue weighted by atomic mass is 32.1. The Morgan fingerprint density at radius 1 is 0.672 bits per heavy atom. The lowest BCUT2D eigenvalue weighted by molar-refractivity contribution is 0.669. The fourth-order valence-corrected chi connectivity index (χ4v) is 9.99. The quantitative estimate of drug-likeness (QED) is 0.112. The van der Waals surface area contributed by atoms with E-state index in [2.05, 4.69) is 176 Å². The molecular weight excluding hydrogens is 801 g/mol. The number of nitrogens with two attached hydrogens (primary N) is 1. The number of nitrogen functional groups attached to an aromatic ring is 1. The second-order valence-electron chi connectivity index (χ2n) is 15.6. The Hall–Kier alpha value is -8.06. The molecule has 0 aliphatic carbocycles. The SMILES string of the molecule is C=Cc1c(/C=C\C)n(-c2ccccc2)c2ccc(CN=Cc3cccc4oc5ccc(-c6cccc7sc8cccc(-c9ccccc9)c8c67)cc5c34)cc12.N=C(N)c1ccccc1. The van der Waals surface area contributed by atoms with Crippen LogP contribution in [0.1, 0.15) is 34.9 Å². The number of amidine groups is 1. The van der Waals surface area contributed by atoms with Crippen molar-refractivity contribution < 1.29 is 4.42 Å². The molecule has 0 aliphatic heterocycles. The number of nitrogens with zero attached hydrogens (tertiary/aromatic N) is 2. The van der Waals surface area contributed by atoms with Gasteiger partial charge in [-0.15, -0.1) is 11.3 Å². The fourth-order valence-electron chi connectivity index (χ4n) is 8.83. The molecule has 0 radical (unpaired) electrons. The Balaban J connectivity index is 0.000000483. The van der Waals surface area contributed by atoms with Crippen molar-refractivity contribution in [1.82, 2.24) is 4.57 Å². The summed E-state index contributed by atoms with van der Waals surface area (Å²) in [7, 11) is 0. The number of thiophene rings is 1. The maximum absolute atomic E-state index is 7.01. The average molecular weight is 845 g/mol. The van der Waals surface area contributed by atoms with Crippen LogP contribution in [-0.4, -0.2) is 16.6 Å². The van der Waals surface area contributed by atoms with Crippen LogP contribution in [0.2, 0.25) is 0 Å². The van der Waals surface area contributed by atoms with Crippen LogP contribution in [0.3, 0.4) is 0 Å². The molecule has 0 fully saturated rings. The molecule has 0 unspecified atom stereocenters. The zero-order valence-electron chi connectivity index (χ0n) is 35.3. The third-order valence-electron chi connectivity index (χ3n) is 11.7. The van der Waals surface area contributed by atoms with E-state index in [1.807, 2.05) is 60.0 Å². The van der Waals surface area contributed by atoms with Gasteiger partial charge in [0.05, 0.1) is 17.8 Å². The summed E-state index contributed by atoms with van der Waals surface area (Å²) in [6.07, 6.45) is 8.21. The third kappa shape index (κ3) is 7.40. The Kier molecular flexibility index (Phi) is 10.9. The third-order valence-corrected chi connectivity index (χ3v) is 12.8. The largest absolute Gasteiger partial charge is 0.456 e. The van der Waals surface area contributed by atoms with Crippen LogP contribution >= 0.6 is 11.3 Å². The first-order valence-electron chi connectivity index (χ1n) is 21.3. The van der Waals surface area contributed by atoms with Gasteiger partial charge in [-0.1, -0.05) is 146 Å². The number of furan rings is 1. The molecule has 0 bridgehead atoms. The average Bonchev–Trinajstić information content (AvgIpc) is 4.02. The molecule has 3 heterocycles. The predicted octanol–water partition coefficient (Wildman–Crippen LogP) is 15.5. The van der Waals surface area contributed by atoms with E-state index in [-0.39, 0.29) is 5.84 Å². The van der Waals surface area contributed by atoms with Crippen molar-refractivity contribution in [1.29, 1.82) is 5.41 Å². The van der Waals surface area contributed by atoms with E-state index in [0.717, 1.165) is 61.1 Å². The van der Waals surface area contributed by atoms with E-state index >= 15 is 0 Å². The molecule has 308 valence electrons. The zero-order chi connectivity index (χ0) is 43.6. The van der Waals surface area contributed by atoms with Crippen LogP contribution in [0.15, 0.2) is 204 Å². The number of aromatic nitrogens is 1. The molecule has 8 aromatic carbocycles. The lowest BCUT2D eigenvalue weighted by Crippen LogP contribution is -2.10. The first-order valence-corrected chi connectivity index (χ1v) is 22.1. The molecule has 0 spiro atoms. The molecule has 0 saturated heterocycles. The van der Waals surface area contributed by atoms with E-state index in [4.69, 9.17) is 20.6 Å². The molecule has 0 atom stereocenters. The number of hydrogen-bond acceptors (Lipinski definition) is 4. The minimum Gasteiger partial charge on any atom is -0.456 e. The van der Waals surface area contributed by atoms with Gasteiger partial charge < -0.3 is 14.7 Å². The van der Waals surface area contributed by atoms with Gasteiger partial charge in [-0.25, -0.2) is 0 Å². The van der Waals surface area contributed by atoms with E-state index in [0.29, 0.717) is 6.54 Å². The van der Waals surface area contributed by atoms with Crippen molar-refractivity contribution in [2.45, 2.75) is 13.5 Å². The minimum atomic E-state index is 0.121. The van der Waals surface area contributed by atoms with Gasteiger partial charge in [-0.2, -0.15) is 0 Å². The molecule has 0 aliphatic rings. The monoisotopic (exact) mass is 844 g/mol. The van der Waals surface area contributed by atoms with Crippen molar-refractivity contribution in [2.75, 3.05) is 0 Å². The van der Waals surface area contributed by atoms with Crippen LogP contribution in [0, 0.1) is 5.41 Å². The molecule has 5 nitrogen and oxygen atoms in total. The standard InChI is InChI=1S/C51H36N2OS.C7H8N2/c1-3-14-43-38(4-2)41-29-33(25-27-44(41)53(43)37-18-9-6-10-19-37)31-52-32-36-17-11-22-46-49(36)42-30-35(26-28-45(42)54-46)40-21-13-24-48-51(40)50-39(20-12-23-47(50)55-48)34-15-7-5-8-16-34;8-7(9)6-4-2-1-3-5-6/h3-30,32H,2,31H2,1H3;1-5H,(H3,8,9)/b14-3-,52-32?;. The summed E-state index contributed by atoms with van der Waals surface area (Å²) in [5.74, 6) is 0.121. The molecule has 3 N–H and O–H groups in total. The molecular formula is C58H44N4OS. The summed E-state index contributed by atoms with van der Waals surface area (Å²) >= 11 is 1.86. The number of hydrogen-bond donors (Lipinski definition) is 2. The van der Waals surface area contributed by atoms with Crippen molar-refractivity contribution in [3.8, 4) is 27.9 Å². The number of rotatable bonds is 9. The summed E-state index contributed by atoms with van der Waals surface area (Å²) < 4.78 is 11.3. The number of para-hydroxylation sites is 1. The summed E-state index contributed by atoms with van der Waals surface area (Å²) in [6.45, 7) is 6.80. The second-order valence-corrected chi connectivity index (χ2v) is 16.7. The number of nitrogens with one attached hydrogen (secondary N) is 1. The molecule has 0 saturated carbocycles. The number of fused-ring (bicyclic) bond motifs is 7. The maximum atomic E-state index is 7.01. The molecule has 0 amide bonds. The second kappa shape index (κ2) is 17.4. The van der Waals surface area contributed by atoms with Gasteiger partial charge in [0.2, 0.25) is 0 Å². The molecule has 64 heavy (non-hydrogen) atoms. The zero-order valence-corrected chi connectivity index (χ0v) is 36.1. The van der Waals surface area contributed by atoms with Crippen molar-refractivity contribution in [3.63, 3.8) is 0 Å². The fraction of sp³-hybridized carbons (Fsp3) is 0.0345. The molecule has 6 heteroatoms. The van der Waals surface area contributed by atoms with Crippen LogP contribution < -0.4 is 5.73 Å². The Morgan fingerprint density at radius 3 is 2.02 bits per heavy atom. The number of aliphatic imine (C=N–C) groups is 1. The maximum Gasteiger partial charge on any atom is 0.136 e. The van der Waals surface area contributed by atoms with Crippen LogP contribution in [0.4, 0.5) is 0 Å². The summed E-state index contributed by atoms with van der Waals surface area (Å²) in [5.41, 5.74) is 19.3. The van der Waals surface area contributed by atoms with Crippen LogP contribution in [-0.2, 0) is 6.54 Å². The Morgan fingerprint density at radius 2 is 1.34 bits per heavy atom. The first-order chi connectivity index (χ1) is 31.5. The van der Waals surface area contributed by atoms with E-state index in [1.54, 1.807) is 0 Å².